The first-order chi connectivity index (χ1) is 9.44. The highest BCUT2D eigenvalue weighted by atomic mass is 32.2. The zero-order valence-corrected chi connectivity index (χ0v) is 12.6. The van der Waals surface area contributed by atoms with Gasteiger partial charge in [-0.3, -0.25) is 0 Å². The standard InChI is InChI=1S/C13H16N2O3S2/c1-2-9-5-6-19-13(9)8-15-20(17,18)10-3-4-12(16)11(14)7-10/h3-7,15-16H,2,8,14H2,1H3. The summed E-state index contributed by atoms with van der Waals surface area (Å²) in [5.41, 5.74) is 6.70. The Bertz CT molecular complexity index is 708. The molecule has 0 bridgehead atoms. The van der Waals surface area contributed by atoms with Crippen molar-refractivity contribution in [2.45, 2.75) is 24.8 Å². The van der Waals surface area contributed by atoms with E-state index in [4.69, 9.17) is 5.73 Å². The maximum Gasteiger partial charge on any atom is 0.240 e. The summed E-state index contributed by atoms with van der Waals surface area (Å²) in [4.78, 5) is 1.05. The van der Waals surface area contributed by atoms with Gasteiger partial charge in [-0.2, -0.15) is 0 Å². The van der Waals surface area contributed by atoms with Crippen molar-refractivity contribution in [2.75, 3.05) is 5.73 Å². The third-order valence-electron chi connectivity index (χ3n) is 2.95. The SMILES string of the molecule is CCc1ccsc1CNS(=O)(=O)c1ccc(O)c(N)c1. The van der Waals surface area contributed by atoms with Crippen LogP contribution in [0.2, 0.25) is 0 Å². The maximum atomic E-state index is 12.1. The summed E-state index contributed by atoms with van der Waals surface area (Å²) in [5, 5.41) is 11.3. The Labute approximate surface area is 122 Å². The lowest BCUT2D eigenvalue weighted by Crippen LogP contribution is -2.23. The number of aromatic hydroxyl groups is 1. The predicted molar refractivity (Wildman–Crippen MR) is 80.2 cm³/mol. The van der Waals surface area contributed by atoms with Crippen LogP contribution < -0.4 is 10.5 Å². The molecule has 20 heavy (non-hydrogen) atoms. The molecule has 2 aromatic rings. The topological polar surface area (TPSA) is 92.4 Å². The zero-order chi connectivity index (χ0) is 14.8. The van der Waals surface area contributed by atoms with Crippen molar-refractivity contribution < 1.29 is 13.5 Å². The minimum absolute atomic E-state index is 0.0400. The largest absolute Gasteiger partial charge is 0.506 e. The third kappa shape index (κ3) is 3.12. The lowest BCUT2D eigenvalue weighted by Gasteiger charge is -2.08. The molecule has 108 valence electrons. The fraction of sp³-hybridized carbons (Fsp3) is 0.231. The molecule has 0 saturated carbocycles. The summed E-state index contributed by atoms with van der Waals surface area (Å²) < 4.78 is 26.8. The van der Waals surface area contributed by atoms with E-state index in [1.54, 1.807) is 0 Å². The Morgan fingerprint density at radius 2 is 2.10 bits per heavy atom. The first-order valence-corrected chi connectivity index (χ1v) is 8.43. The number of hydrogen-bond acceptors (Lipinski definition) is 5. The Morgan fingerprint density at radius 3 is 2.75 bits per heavy atom. The minimum Gasteiger partial charge on any atom is -0.506 e. The van der Waals surface area contributed by atoms with Gasteiger partial charge in [0.1, 0.15) is 5.75 Å². The summed E-state index contributed by atoms with van der Waals surface area (Å²) in [5.74, 6) is -0.129. The second-order valence-electron chi connectivity index (χ2n) is 4.27. The fourth-order valence-electron chi connectivity index (χ4n) is 1.78. The van der Waals surface area contributed by atoms with Gasteiger partial charge in [-0.05, 0) is 41.6 Å². The molecule has 1 aromatic heterocycles. The number of phenolic OH excluding ortho intramolecular Hbond substituents is 1. The molecule has 0 radical (unpaired) electrons. The number of benzene rings is 1. The zero-order valence-electron chi connectivity index (χ0n) is 11.0. The molecule has 0 atom stereocenters. The molecule has 0 unspecified atom stereocenters. The predicted octanol–water partition coefficient (Wildman–Crippen LogP) is 2.08. The van der Waals surface area contributed by atoms with Crippen molar-refractivity contribution >= 4 is 27.0 Å². The highest BCUT2D eigenvalue weighted by molar-refractivity contribution is 7.89. The molecule has 0 spiro atoms. The Hall–Kier alpha value is -1.57. The van der Waals surface area contributed by atoms with Crippen molar-refractivity contribution in [2.24, 2.45) is 0 Å². The van der Waals surface area contributed by atoms with Crippen LogP contribution in [0, 0.1) is 0 Å². The Morgan fingerprint density at radius 1 is 1.35 bits per heavy atom. The van der Waals surface area contributed by atoms with E-state index in [0.29, 0.717) is 0 Å². The molecule has 1 aromatic carbocycles. The van der Waals surface area contributed by atoms with Gasteiger partial charge >= 0.3 is 0 Å². The highest BCUT2D eigenvalue weighted by Gasteiger charge is 2.16. The number of rotatable bonds is 5. The number of sulfonamides is 1. The van der Waals surface area contributed by atoms with Gasteiger partial charge in [0.2, 0.25) is 10.0 Å². The van der Waals surface area contributed by atoms with Gasteiger partial charge < -0.3 is 10.8 Å². The number of phenols is 1. The molecule has 0 amide bonds. The van der Waals surface area contributed by atoms with Gasteiger partial charge in [0.05, 0.1) is 10.6 Å². The van der Waals surface area contributed by atoms with Crippen molar-refractivity contribution in [3.8, 4) is 5.75 Å². The van der Waals surface area contributed by atoms with Crippen molar-refractivity contribution in [3.63, 3.8) is 0 Å². The van der Waals surface area contributed by atoms with Crippen LogP contribution in [0.1, 0.15) is 17.4 Å². The third-order valence-corrected chi connectivity index (χ3v) is 5.31. The van der Waals surface area contributed by atoms with Gasteiger partial charge in [0.25, 0.3) is 0 Å². The molecular formula is C13H16N2O3S2. The van der Waals surface area contributed by atoms with Crippen LogP contribution >= 0.6 is 11.3 Å². The van der Waals surface area contributed by atoms with E-state index in [1.807, 2.05) is 18.4 Å². The molecule has 0 aliphatic heterocycles. The number of nitrogen functional groups attached to an aromatic ring is 1. The summed E-state index contributed by atoms with van der Waals surface area (Å²) in [6, 6.07) is 5.83. The summed E-state index contributed by atoms with van der Waals surface area (Å²) in [6.07, 6.45) is 0.868. The first-order valence-electron chi connectivity index (χ1n) is 6.07. The van der Waals surface area contributed by atoms with E-state index in [0.717, 1.165) is 16.9 Å². The highest BCUT2D eigenvalue weighted by Crippen LogP contribution is 2.23. The van der Waals surface area contributed by atoms with Crippen molar-refractivity contribution in [1.82, 2.24) is 4.72 Å². The molecular weight excluding hydrogens is 296 g/mol. The molecule has 0 aliphatic carbocycles. The van der Waals surface area contributed by atoms with Gasteiger partial charge in [0, 0.05) is 11.4 Å². The average Bonchev–Trinajstić information content (AvgIpc) is 2.87. The van der Waals surface area contributed by atoms with Crippen LogP contribution in [0.4, 0.5) is 5.69 Å². The lowest BCUT2D eigenvalue weighted by atomic mass is 10.2. The normalized spacial score (nSPS) is 11.7. The first kappa shape index (κ1) is 14.8. The van der Waals surface area contributed by atoms with E-state index in [9.17, 15) is 13.5 Å². The molecule has 5 nitrogen and oxygen atoms in total. The second-order valence-corrected chi connectivity index (χ2v) is 7.04. The molecule has 4 N–H and O–H groups in total. The number of anilines is 1. The molecule has 1 heterocycles. The van der Waals surface area contributed by atoms with E-state index < -0.39 is 10.0 Å². The van der Waals surface area contributed by atoms with E-state index >= 15 is 0 Å². The quantitative estimate of drug-likeness (QED) is 0.582. The van der Waals surface area contributed by atoms with Crippen LogP contribution in [0.15, 0.2) is 34.5 Å². The van der Waals surface area contributed by atoms with E-state index in [-0.39, 0.29) is 22.9 Å². The van der Waals surface area contributed by atoms with Crippen LogP contribution in [-0.4, -0.2) is 13.5 Å². The molecule has 0 saturated heterocycles. The van der Waals surface area contributed by atoms with Gasteiger partial charge in [-0.25, -0.2) is 13.1 Å². The summed E-state index contributed by atoms with van der Waals surface area (Å²) in [7, 11) is -3.64. The van der Waals surface area contributed by atoms with E-state index in [1.165, 1.54) is 29.5 Å². The fourth-order valence-corrected chi connectivity index (χ4v) is 3.82. The molecule has 2 rings (SSSR count). The molecule has 0 fully saturated rings. The van der Waals surface area contributed by atoms with Gasteiger partial charge in [-0.15, -0.1) is 11.3 Å². The van der Waals surface area contributed by atoms with Crippen LogP contribution in [0.3, 0.4) is 0 Å². The second kappa shape index (κ2) is 5.82. The van der Waals surface area contributed by atoms with Gasteiger partial charge in [-0.1, -0.05) is 6.92 Å². The number of aryl methyl sites for hydroxylation is 1. The summed E-state index contributed by atoms with van der Waals surface area (Å²) in [6.45, 7) is 2.28. The van der Waals surface area contributed by atoms with Crippen molar-refractivity contribution in [1.29, 1.82) is 0 Å². The summed E-state index contributed by atoms with van der Waals surface area (Å²) >= 11 is 1.52. The smallest absolute Gasteiger partial charge is 0.240 e. The number of nitrogens with two attached hydrogens (primary N) is 1. The van der Waals surface area contributed by atoms with Crippen LogP contribution in [0.25, 0.3) is 0 Å². The van der Waals surface area contributed by atoms with Gasteiger partial charge in [0.15, 0.2) is 0 Å². The maximum absolute atomic E-state index is 12.1. The number of nitrogens with one attached hydrogen (secondary N) is 1. The monoisotopic (exact) mass is 312 g/mol. The molecule has 0 aliphatic rings. The lowest BCUT2D eigenvalue weighted by molar-refractivity contribution is 0.477. The number of hydrogen-bond donors (Lipinski definition) is 3. The number of thiophene rings is 1. The van der Waals surface area contributed by atoms with Crippen molar-refractivity contribution in [3.05, 3.63) is 40.1 Å². The average molecular weight is 312 g/mol. The van der Waals surface area contributed by atoms with Crippen LogP contribution in [0.5, 0.6) is 5.75 Å². The Balaban J connectivity index is 2.17. The Kier molecular flexibility index (Phi) is 4.32. The molecule has 7 heteroatoms. The van der Waals surface area contributed by atoms with E-state index in [2.05, 4.69) is 4.72 Å². The van der Waals surface area contributed by atoms with Crippen LogP contribution in [-0.2, 0) is 23.0 Å². The minimum atomic E-state index is -3.64.